The van der Waals surface area contributed by atoms with Crippen molar-refractivity contribution in [1.29, 1.82) is 0 Å². The number of rotatable bonds is 4. The fraction of sp³-hybridized carbons (Fsp3) is 0.368. The van der Waals surface area contributed by atoms with E-state index in [0.29, 0.717) is 29.3 Å². The standard InChI is InChI=1S/C19H21N3O2/c1-12-3-2-4-18(20-12)24-15-8-5-13(6-9-15)19(23)22-17-11-14-7-10-16(17)21-14/h2-6,8-9,14,16-17,21H,7,10-11H2,1H3,(H,22,23)/t14-,16+,17-/m1/s1. The number of benzene rings is 1. The first-order valence-corrected chi connectivity index (χ1v) is 8.46. The molecule has 124 valence electrons. The van der Waals surface area contributed by atoms with Gasteiger partial charge in [-0.25, -0.2) is 4.98 Å². The second-order valence-corrected chi connectivity index (χ2v) is 6.61. The van der Waals surface area contributed by atoms with Gasteiger partial charge in [0.2, 0.25) is 5.88 Å². The third-order valence-electron chi connectivity index (χ3n) is 4.82. The van der Waals surface area contributed by atoms with E-state index in [0.717, 1.165) is 18.5 Å². The lowest BCUT2D eigenvalue weighted by atomic mass is 9.95. The lowest BCUT2D eigenvalue weighted by Gasteiger charge is -2.21. The molecule has 3 atom stereocenters. The van der Waals surface area contributed by atoms with Crippen molar-refractivity contribution in [3.05, 3.63) is 53.7 Å². The average molecular weight is 323 g/mol. The average Bonchev–Trinajstić information content (AvgIpc) is 3.18. The summed E-state index contributed by atoms with van der Waals surface area (Å²) < 4.78 is 5.71. The third kappa shape index (κ3) is 3.12. The maximum Gasteiger partial charge on any atom is 0.251 e. The Kier molecular flexibility index (Phi) is 3.94. The zero-order chi connectivity index (χ0) is 16.5. The Balaban J connectivity index is 1.39. The SMILES string of the molecule is Cc1cccc(Oc2ccc(C(=O)N[C@@H]3C[C@H]4CC[C@@H]3N4)cc2)n1. The highest BCUT2D eigenvalue weighted by molar-refractivity contribution is 5.94. The van der Waals surface area contributed by atoms with Gasteiger partial charge >= 0.3 is 0 Å². The van der Waals surface area contributed by atoms with Gasteiger partial charge in [0.25, 0.3) is 5.91 Å². The molecule has 0 radical (unpaired) electrons. The van der Waals surface area contributed by atoms with Crippen molar-refractivity contribution in [3.8, 4) is 11.6 Å². The maximum absolute atomic E-state index is 12.4. The van der Waals surface area contributed by atoms with E-state index in [4.69, 9.17) is 4.74 Å². The van der Waals surface area contributed by atoms with Gasteiger partial charge < -0.3 is 15.4 Å². The molecule has 5 heteroatoms. The van der Waals surface area contributed by atoms with Crippen LogP contribution in [-0.2, 0) is 0 Å². The molecule has 0 spiro atoms. The molecule has 24 heavy (non-hydrogen) atoms. The van der Waals surface area contributed by atoms with E-state index in [2.05, 4.69) is 15.6 Å². The topological polar surface area (TPSA) is 63.2 Å². The van der Waals surface area contributed by atoms with Gasteiger partial charge in [0.05, 0.1) is 0 Å². The van der Waals surface area contributed by atoms with E-state index >= 15 is 0 Å². The molecule has 2 saturated heterocycles. The summed E-state index contributed by atoms with van der Waals surface area (Å²) in [5.41, 5.74) is 1.56. The Bertz CT molecular complexity index is 745. The molecule has 3 heterocycles. The Morgan fingerprint density at radius 2 is 2.04 bits per heavy atom. The minimum Gasteiger partial charge on any atom is -0.439 e. The van der Waals surface area contributed by atoms with Gasteiger partial charge in [0.15, 0.2) is 0 Å². The third-order valence-corrected chi connectivity index (χ3v) is 4.82. The summed E-state index contributed by atoms with van der Waals surface area (Å²) >= 11 is 0. The molecule has 1 amide bonds. The number of carbonyl (C=O) groups is 1. The minimum atomic E-state index is -0.0189. The maximum atomic E-state index is 12.4. The van der Waals surface area contributed by atoms with Gasteiger partial charge in [-0.05, 0) is 56.5 Å². The summed E-state index contributed by atoms with van der Waals surface area (Å²) in [6.07, 6.45) is 3.43. The number of carbonyl (C=O) groups excluding carboxylic acids is 1. The number of fused-ring (bicyclic) bond motifs is 2. The molecule has 1 aromatic heterocycles. The summed E-state index contributed by atoms with van der Waals surface area (Å²) in [6.45, 7) is 1.92. The van der Waals surface area contributed by atoms with Gasteiger partial charge in [-0.2, -0.15) is 0 Å². The van der Waals surface area contributed by atoms with Crippen LogP contribution in [0.15, 0.2) is 42.5 Å². The fourth-order valence-electron chi connectivity index (χ4n) is 3.61. The van der Waals surface area contributed by atoms with Crippen LogP contribution in [0.5, 0.6) is 11.6 Å². The van der Waals surface area contributed by atoms with Crippen molar-refractivity contribution in [2.75, 3.05) is 0 Å². The molecular formula is C19H21N3O2. The van der Waals surface area contributed by atoms with E-state index in [1.165, 1.54) is 6.42 Å². The van der Waals surface area contributed by atoms with Crippen molar-refractivity contribution >= 4 is 5.91 Å². The number of aryl methyl sites for hydroxylation is 1. The first-order valence-electron chi connectivity index (χ1n) is 8.46. The summed E-state index contributed by atoms with van der Waals surface area (Å²) in [5, 5.41) is 6.68. The molecule has 2 bridgehead atoms. The fourth-order valence-corrected chi connectivity index (χ4v) is 3.61. The summed E-state index contributed by atoms with van der Waals surface area (Å²) in [6, 6.07) is 14.1. The van der Waals surface area contributed by atoms with E-state index in [1.807, 2.05) is 25.1 Å². The van der Waals surface area contributed by atoms with Crippen LogP contribution in [0.2, 0.25) is 0 Å². The molecule has 4 rings (SSSR count). The Morgan fingerprint density at radius 3 is 2.71 bits per heavy atom. The van der Waals surface area contributed by atoms with E-state index < -0.39 is 0 Å². The van der Waals surface area contributed by atoms with Crippen molar-refractivity contribution < 1.29 is 9.53 Å². The van der Waals surface area contributed by atoms with Crippen LogP contribution < -0.4 is 15.4 Å². The number of nitrogens with zero attached hydrogens (tertiary/aromatic N) is 1. The number of hydrogen-bond acceptors (Lipinski definition) is 4. The minimum absolute atomic E-state index is 0.0189. The van der Waals surface area contributed by atoms with Crippen molar-refractivity contribution in [2.24, 2.45) is 0 Å². The summed E-state index contributed by atoms with van der Waals surface area (Å²) in [5.74, 6) is 1.21. The lowest BCUT2D eigenvalue weighted by Crippen LogP contribution is -2.42. The lowest BCUT2D eigenvalue weighted by molar-refractivity contribution is 0.0931. The molecule has 2 N–H and O–H groups in total. The number of ether oxygens (including phenoxy) is 1. The van der Waals surface area contributed by atoms with Crippen LogP contribution in [0.4, 0.5) is 0 Å². The first kappa shape index (κ1) is 15.1. The highest BCUT2D eigenvalue weighted by Gasteiger charge is 2.39. The molecule has 0 saturated carbocycles. The summed E-state index contributed by atoms with van der Waals surface area (Å²) in [7, 11) is 0. The number of nitrogens with one attached hydrogen (secondary N) is 2. The van der Waals surface area contributed by atoms with E-state index in [1.54, 1.807) is 24.3 Å². The van der Waals surface area contributed by atoms with E-state index in [9.17, 15) is 4.79 Å². The van der Waals surface area contributed by atoms with Crippen molar-refractivity contribution in [2.45, 2.75) is 44.3 Å². The molecular weight excluding hydrogens is 302 g/mol. The number of hydrogen-bond donors (Lipinski definition) is 2. The Hall–Kier alpha value is -2.40. The highest BCUT2D eigenvalue weighted by atomic mass is 16.5. The van der Waals surface area contributed by atoms with Crippen LogP contribution in [0.25, 0.3) is 0 Å². The summed E-state index contributed by atoms with van der Waals surface area (Å²) in [4.78, 5) is 16.7. The molecule has 2 fully saturated rings. The number of amides is 1. The molecule has 0 aliphatic carbocycles. The second-order valence-electron chi connectivity index (χ2n) is 6.61. The van der Waals surface area contributed by atoms with Gasteiger partial charge in [-0.3, -0.25) is 4.79 Å². The quantitative estimate of drug-likeness (QED) is 0.908. The predicted molar refractivity (Wildman–Crippen MR) is 91.3 cm³/mol. The first-order chi connectivity index (χ1) is 11.7. The molecule has 0 unspecified atom stereocenters. The van der Waals surface area contributed by atoms with Gasteiger partial charge in [-0.15, -0.1) is 0 Å². The van der Waals surface area contributed by atoms with Crippen LogP contribution >= 0.6 is 0 Å². The van der Waals surface area contributed by atoms with Crippen LogP contribution in [-0.4, -0.2) is 29.0 Å². The zero-order valence-electron chi connectivity index (χ0n) is 13.7. The van der Waals surface area contributed by atoms with Gasteiger partial charge in [0, 0.05) is 35.4 Å². The normalized spacial score (nSPS) is 24.8. The van der Waals surface area contributed by atoms with Crippen molar-refractivity contribution in [3.63, 3.8) is 0 Å². The number of aromatic nitrogens is 1. The largest absolute Gasteiger partial charge is 0.439 e. The Morgan fingerprint density at radius 1 is 1.21 bits per heavy atom. The second kappa shape index (κ2) is 6.24. The molecule has 5 nitrogen and oxygen atoms in total. The van der Waals surface area contributed by atoms with Gasteiger partial charge in [-0.1, -0.05) is 6.07 Å². The van der Waals surface area contributed by atoms with E-state index in [-0.39, 0.29) is 11.9 Å². The predicted octanol–water partition coefficient (Wildman–Crippen LogP) is 2.81. The smallest absolute Gasteiger partial charge is 0.251 e. The number of pyridine rings is 1. The van der Waals surface area contributed by atoms with Crippen LogP contribution in [0.1, 0.15) is 35.3 Å². The molecule has 2 aromatic rings. The van der Waals surface area contributed by atoms with Crippen LogP contribution in [0.3, 0.4) is 0 Å². The van der Waals surface area contributed by atoms with Gasteiger partial charge in [0.1, 0.15) is 5.75 Å². The monoisotopic (exact) mass is 323 g/mol. The van der Waals surface area contributed by atoms with Crippen molar-refractivity contribution in [1.82, 2.24) is 15.6 Å². The highest BCUT2D eigenvalue weighted by Crippen LogP contribution is 2.28. The van der Waals surface area contributed by atoms with Crippen LogP contribution in [0, 0.1) is 6.92 Å². The molecule has 2 aliphatic heterocycles. The molecule has 2 aliphatic rings. The molecule has 1 aromatic carbocycles. The Labute approximate surface area is 141 Å². The zero-order valence-corrected chi connectivity index (χ0v) is 13.7.